The van der Waals surface area contributed by atoms with Gasteiger partial charge in [0.1, 0.15) is 12.1 Å². The number of carboxylic acid groups (broad SMARTS) is 1. The summed E-state index contributed by atoms with van der Waals surface area (Å²) in [4.78, 5) is 43.8. The van der Waals surface area contributed by atoms with Crippen LogP contribution >= 0.6 is 0 Å². The standard InChI is InChI=1S/C29H38N6O6S/c1-20(23-19-31-24-12-6-5-11-22(23)24)26(27(36)32-25(28(37)38)13-7-8-14-30)33-29(39)34-15-17-35(18-16-34)42(40,41)21-9-3-2-4-10-21/h2-6,9-12,19-20,25-26,31H,7-8,13-18,30H2,1H3,(H,32,36)(H,33,39)(H,37,38). The number of carbonyl (C=O) groups excluding carboxylic acids is 2. The average Bonchev–Trinajstić information content (AvgIpc) is 3.43. The van der Waals surface area contributed by atoms with Crippen LogP contribution in [0.5, 0.6) is 0 Å². The van der Waals surface area contributed by atoms with Crippen molar-refractivity contribution >= 4 is 38.8 Å². The monoisotopic (exact) mass is 598 g/mol. The molecule has 0 saturated carbocycles. The van der Waals surface area contributed by atoms with Crippen LogP contribution in [0.1, 0.15) is 37.7 Å². The van der Waals surface area contributed by atoms with Crippen LogP contribution in [0, 0.1) is 0 Å². The van der Waals surface area contributed by atoms with Gasteiger partial charge in [-0.1, -0.05) is 43.3 Å². The predicted molar refractivity (Wildman–Crippen MR) is 158 cm³/mol. The number of unbranched alkanes of at least 4 members (excludes halogenated alkanes) is 1. The minimum atomic E-state index is -3.70. The number of benzene rings is 2. The molecule has 12 nitrogen and oxygen atoms in total. The number of aromatic amines is 1. The van der Waals surface area contributed by atoms with Crippen LogP contribution in [0.25, 0.3) is 10.9 Å². The van der Waals surface area contributed by atoms with Crippen molar-refractivity contribution in [3.05, 3.63) is 66.4 Å². The minimum absolute atomic E-state index is 0.0990. The highest BCUT2D eigenvalue weighted by atomic mass is 32.2. The third-order valence-electron chi connectivity index (χ3n) is 7.64. The van der Waals surface area contributed by atoms with Crippen LogP contribution in [0.4, 0.5) is 4.79 Å². The normalized spacial score (nSPS) is 16.5. The Morgan fingerprint density at radius 2 is 1.64 bits per heavy atom. The molecule has 1 aliphatic rings. The molecular weight excluding hydrogens is 560 g/mol. The van der Waals surface area contributed by atoms with Gasteiger partial charge in [-0.2, -0.15) is 4.31 Å². The van der Waals surface area contributed by atoms with E-state index < -0.39 is 45.9 Å². The fourth-order valence-corrected chi connectivity index (χ4v) is 6.62. The van der Waals surface area contributed by atoms with Gasteiger partial charge in [-0.05, 0) is 49.6 Å². The number of sulfonamides is 1. The second-order valence-corrected chi connectivity index (χ2v) is 12.3. The van der Waals surface area contributed by atoms with E-state index in [4.69, 9.17) is 5.73 Å². The number of nitrogens with one attached hydrogen (secondary N) is 3. The number of aliphatic carboxylic acids is 1. The third kappa shape index (κ3) is 7.09. The van der Waals surface area contributed by atoms with Crippen molar-refractivity contribution in [1.82, 2.24) is 24.8 Å². The number of rotatable bonds is 12. The topological polar surface area (TPSA) is 178 Å². The van der Waals surface area contributed by atoms with Crippen molar-refractivity contribution in [3.63, 3.8) is 0 Å². The van der Waals surface area contributed by atoms with E-state index in [-0.39, 0.29) is 37.5 Å². The van der Waals surface area contributed by atoms with Crippen LogP contribution in [0.2, 0.25) is 0 Å². The number of carbonyl (C=O) groups is 3. The number of H-pyrrole nitrogens is 1. The van der Waals surface area contributed by atoms with Gasteiger partial charge in [0.2, 0.25) is 15.9 Å². The number of hydrogen-bond donors (Lipinski definition) is 5. The molecule has 4 rings (SSSR count). The van der Waals surface area contributed by atoms with Crippen LogP contribution in [0.3, 0.4) is 0 Å². The summed E-state index contributed by atoms with van der Waals surface area (Å²) in [5.74, 6) is -2.31. The molecule has 0 radical (unpaired) electrons. The van der Waals surface area contributed by atoms with Gasteiger partial charge in [-0.15, -0.1) is 0 Å². The van der Waals surface area contributed by atoms with E-state index >= 15 is 0 Å². The van der Waals surface area contributed by atoms with Crippen molar-refractivity contribution in [2.24, 2.45) is 5.73 Å². The Hall–Kier alpha value is -3.94. The Bertz CT molecular complexity index is 1490. The summed E-state index contributed by atoms with van der Waals surface area (Å²) in [6.07, 6.45) is 3.14. The number of amides is 3. The van der Waals surface area contributed by atoms with Gasteiger partial charge in [0.05, 0.1) is 4.90 Å². The first-order chi connectivity index (χ1) is 20.1. The lowest BCUT2D eigenvalue weighted by atomic mass is 9.92. The molecule has 1 aromatic heterocycles. The molecule has 0 spiro atoms. The molecule has 1 fully saturated rings. The van der Waals surface area contributed by atoms with Crippen molar-refractivity contribution in [1.29, 1.82) is 0 Å². The van der Waals surface area contributed by atoms with Gasteiger partial charge in [0.25, 0.3) is 0 Å². The number of fused-ring (bicyclic) bond motifs is 1. The zero-order valence-corrected chi connectivity index (χ0v) is 24.3. The predicted octanol–water partition coefficient (Wildman–Crippen LogP) is 2.05. The largest absolute Gasteiger partial charge is 0.480 e. The Morgan fingerprint density at radius 3 is 2.31 bits per heavy atom. The minimum Gasteiger partial charge on any atom is -0.480 e. The van der Waals surface area contributed by atoms with Crippen molar-refractivity contribution in [2.45, 2.75) is 49.1 Å². The van der Waals surface area contributed by atoms with Gasteiger partial charge < -0.3 is 31.4 Å². The smallest absolute Gasteiger partial charge is 0.326 e. The Labute approximate surface area is 245 Å². The lowest BCUT2D eigenvalue weighted by molar-refractivity contribution is -0.142. The molecule has 42 heavy (non-hydrogen) atoms. The second-order valence-electron chi connectivity index (χ2n) is 10.4. The highest BCUT2D eigenvalue weighted by Gasteiger charge is 2.35. The maximum Gasteiger partial charge on any atom is 0.326 e. The second kappa shape index (κ2) is 13.8. The Morgan fingerprint density at radius 1 is 0.976 bits per heavy atom. The number of hydrogen-bond acceptors (Lipinski definition) is 6. The molecule has 6 N–H and O–H groups in total. The van der Waals surface area contributed by atoms with Crippen LogP contribution in [-0.2, 0) is 19.6 Å². The van der Waals surface area contributed by atoms with E-state index in [1.54, 1.807) is 31.3 Å². The summed E-state index contributed by atoms with van der Waals surface area (Å²) < 4.78 is 27.4. The molecule has 226 valence electrons. The van der Waals surface area contributed by atoms with E-state index in [1.807, 2.05) is 24.3 Å². The first kappa shape index (κ1) is 31.0. The van der Waals surface area contributed by atoms with Crippen molar-refractivity contribution < 1.29 is 27.9 Å². The van der Waals surface area contributed by atoms with E-state index in [1.165, 1.54) is 21.3 Å². The SMILES string of the molecule is CC(c1c[nH]c2ccccc12)C(NC(=O)N1CCN(S(=O)(=O)c2ccccc2)CC1)C(=O)NC(CCCCN)C(=O)O. The fraction of sp³-hybridized carbons (Fsp3) is 0.414. The Balaban J connectivity index is 1.50. The summed E-state index contributed by atoms with van der Waals surface area (Å²) >= 11 is 0. The summed E-state index contributed by atoms with van der Waals surface area (Å²) in [5, 5.41) is 16.0. The van der Waals surface area contributed by atoms with Gasteiger partial charge in [0.15, 0.2) is 0 Å². The molecule has 3 amide bonds. The molecule has 2 aromatic carbocycles. The van der Waals surface area contributed by atoms with E-state index in [2.05, 4.69) is 15.6 Å². The Kier molecular flexibility index (Phi) is 10.2. The lowest BCUT2D eigenvalue weighted by Gasteiger charge is -2.35. The van der Waals surface area contributed by atoms with Gasteiger partial charge in [0, 0.05) is 49.2 Å². The maximum atomic E-state index is 13.6. The molecule has 0 aliphatic carbocycles. The van der Waals surface area contributed by atoms with Gasteiger partial charge in [-0.25, -0.2) is 18.0 Å². The molecule has 3 unspecified atom stereocenters. The number of para-hydroxylation sites is 1. The average molecular weight is 599 g/mol. The third-order valence-corrected chi connectivity index (χ3v) is 9.55. The van der Waals surface area contributed by atoms with Crippen LogP contribution < -0.4 is 16.4 Å². The molecule has 13 heteroatoms. The summed E-state index contributed by atoms with van der Waals surface area (Å²) in [6, 6.07) is 12.9. The highest BCUT2D eigenvalue weighted by molar-refractivity contribution is 7.89. The maximum absolute atomic E-state index is 13.6. The van der Waals surface area contributed by atoms with Gasteiger partial charge in [-0.3, -0.25) is 4.79 Å². The molecule has 1 saturated heterocycles. The zero-order valence-electron chi connectivity index (χ0n) is 23.5. The summed E-state index contributed by atoms with van der Waals surface area (Å²) in [7, 11) is -3.70. The molecule has 2 heterocycles. The fourth-order valence-electron chi connectivity index (χ4n) is 5.18. The van der Waals surface area contributed by atoms with Crippen LogP contribution in [0.15, 0.2) is 65.7 Å². The number of piperazine rings is 1. The first-order valence-corrected chi connectivity index (χ1v) is 15.5. The zero-order chi connectivity index (χ0) is 30.3. The molecule has 1 aliphatic heterocycles. The molecular formula is C29H38N6O6S. The summed E-state index contributed by atoms with van der Waals surface area (Å²) in [5.41, 5.74) is 7.20. The number of urea groups is 1. The van der Waals surface area contributed by atoms with E-state index in [0.717, 1.165) is 16.5 Å². The van der Waals surface area contributed by atoms with E-state index in [0.29, 0.717) is 19.4 Å². The number of aromatic nitrogens is 1. The number of carboxylic acids is 1. The van der Waals surface area contributed by atoms with Gasteiger partial charge >= 0.3 is 12.0 Å². The quantitative estimate of drug-likeness (QED) is 0.198. The van der Waals surface area contributed by atoms with E-state index in [9.17, 15) is 27.9 Å². The first-order valence-electron chi connectivity index (χ1n) is 14.0. The number of nitrogens with zero attached hydrogens (tertiary/aromatic N) is 2. The van der Waals surface area contributed by atoms with Crippen molar-refractivity contribution in [2.75, 3.05) is 32.7 Å². The molecule has 3 atom stereocenters. The molecule has 3 aromatic rings. The molecule has 0 bridgehead atoms. The lowest BCUT2D eigenvalue weighted by Crippen LogP contribution is -2.58. The van der Waals surface area contributed by atoms with Crippen LogP contribution in [-0.4, -0.2) is 90.4 Å². The number of nitrogens with two attached hydrogens (primary N) is 1. The highest BCUT2D eigenvalue weighted by Crippen LogP contribution is 2.28. The van der Waals surface area contributed by atoms with Crippen molar-refractivity contribution in [3.8, 4) is 0 Å². The summed E-state index contributed by atoms with van der Waals surface area (Å²) in [6.45, 7) is 2.67.